The SMILES string of the molecule is CCN1C(=CC=CC=CC2=[N+](CCCCCC(=O)C(C)(C)C)c3ccc(S(=O)(=O)O)cc3C2(C)C)C(C)(C)c2cc(S(=O)(=O)[O-])ccc21. The van der Waals surface area contributed by atoms with Crippen LogP contribution in [0.15, 0.2) is 82.3 Å². The average Bonchev–Trinajstić information content (AvgIpc) is 3.32. The molecule has 0 amide bonds. The van der Waals surface area contributed by atoms with Crippen molar-refractivity contribution in [1.82, 2.24) is 0 Å². The van der Waals surface area contributed by atoms with Gasteiger partial charge in [-0.25, -0.2) is 8.42 Å². The van der Waals surface area contributed by atoms with Crippen molar-refractivity contribution in [2.45, 2.75) is 102 Å². The summed E-state index contributed by atoms with van der Waals surface area (Å²) in [5.74, 6) is 0.247. The number of ketones is 1. The van der Waals surface area contributed by atoms with Gasteiger partial charge in [0.2, 0.25) is 5.69 Å². The first-order valence-corrected chi connectivity index (χ1v) is 19.2. The molecule has 0 atom stereocenters. The molecule has 0 aliphatic carbocycles. The second-order valence-electron chi connectivity index (χ2n) is 14.6. The minimum atomic E-state index is -4.58. The number of benzene rings is 2. The van der Waals surface area contributed by atoms with Crippen LogP contribution in [0.3, 0.4) is 0 Å². The topological polar surface area (TPSA) is 135 Å². The van der Waals surface area contributed by atoms with E-state index >= 15 is 0 Å². The van der Waals surface area contributed by atoms with Gasteiger partial charge in [-0.3, -0.25) is 9.35 Å². The number of allylic oxidation sites excluding steroid dienone is 6. The highest BCUT2D eigenvalue weighted by Gasteiger charge is 2.45. The van der Waals surface area contributed by atoms with E-state index < -0.39 is 31.1 Å². The summed E-state index contributed by atoms with van der Waals surface area (Å²) in [6.07, 6.45) is 12.8. The molecule has 0 bridgehead atoms. The maximum atomic E-state index is 12.4. The Kier molecular flexibility index (Phi) is 10.5. The number of carbonyl (C=O) groups is 1. The molecule has 0 saturated heterocycles. The van der Waals surface area contributed by atoms with Crippen LogP contribution in [0.4, 0.5) is 11.4 Å². The summed E-state index contributed by atoms with van der Waals surface area (Å²) in [4.78, 5) is 14.1. The number of nitrogens with zero attached hydrogens (tertiary/aromatic N) is 2. The van der Waals surface area contributed by atoms with Gasteiger partial charge in [-0.05, 0) is 75.6 Å². The quantitative estimate of drug-likeness (QED) is 0.107. The lowest BCUT2D eigenvalue weighted by molar-refractivity contribution is -0.438. The molecule has 4 rings (SSSR count). The number of carbonyl (C=O) groups excluding carboxylic acids is 1. The number of unbranched alkanes of at least 4 members (excludes halogenated alkanes) is 2. The van der Waals surface area contributed by atoms with Crippen LogP contribution in [-0.4, -0.2) is 55.1 Å². The van der Waals surface area contributed by atoms with Gasteiger partial charge < -0.3 is 9.45 Å². The summed E-state index contributed by atoms with van der Waals surface area (Å²) in [6.45, 7) is 17.2. The first kappa shape index (κ1) is 37.4. The Morgan fingerprint density at radius 1 is 0.896 bits per heavy atom. The molecule has 260 valence electrons. The lowest BCUT2D eigenvalue weighted by atomic mass is 9.81. The molecule has 2 aliphatic rings. The van der Waals surface area contributed by atoms with Crippen molar-refractivity contribution < 1.29 is 35.3 Å². The molecule has 0 radical (unpaired) electrons. The molecule has 48 heavy (non-hydrogen) atoms. The molecule has 2 aromatic carbocycles. The van der Waals surface area contributed by atoms with E-state index in [2.05, 4.69) is 9.48 Å². The molecular formula is C37H48N2O7S2. The molecule has 0 saturated carbocycles. The normalized spacial score (nSPS) is 18.4. The van der Waals surface area contributed by atoms with E-state index in [1.54, 1.807) is 18.2 Å². The molecule has 0 aromatic heterocycles. The minimum Gasteiger partial charge on any atom is -0.744 e. The zero-order valence-corrected chi connectivity index (χ0v) is 30.8. The first-order valence-electron chi connectivity index (χ1n) is 16.4. The number of rotatable bonds is 12. The lowest BCUT2D eigenvalue weighted by Crippen LogP contribution is -2.28. The standard InChI is InChI=1S/C37H48N2O7S2/c1-9-38-30-21-19-26(47(41,42)43)24-28(30)36(5,6)32(38)16-12-10-13-17-33-37(7,8)29-25-27(48(44,45)46)20-22-31(29)39(33)23-15-11-14-18-34(40)35(2,3)4/h10,12-13,16-17,19-22,24-25H,9,11,14-15,18,23H2,1-8H3,(H-,41,42,43,44,45,46). The molecule has 1 N–H and O–H groups in total. The van der Waals surface area contributed by atoms with Gasteiger partial charge in [0.25, 0.3) is 10.1 Å². The summed E-state index contributed by atoms with van der Waals surface area (Å²) in [7, 11) is -8.96. The molecule has 9 nitrogen and oxygen atoms in total. The zero-order valence-electron chi connectivity index (χ0n) is 29.2. The Hall–Kier alpha value is -3.38. The predicted molar refractivity (Wildman–Crippen MR) is 189 cm³/mol. The van der Waals surface area contributed by atoms with Gasteiger partial charge in [0.1, 0.15) is 22.4 Å². The highest BCUT2D eigenvalue weighted by atomic mass is 32.2. The van der Waals surface area contributed by atoms with Gasteiger partial charge in [-0.15, -0.1) is 0 Å². The van der Waals surface area contributed by atoms with Gasteiger partial charge in [0.15, 0.2) is 5.71 Å². The van der Waals surface area contributed by atoms with Crippen LogP contribution in [0.25, 0.3) is 0 Å². The van der Waals surface area contributed by atoms with E-state index in [-0.39, 0.29) is 21.0 Å². The fourth-order valence-corrected chi connectivity index (χ4v) is 7.68. The third-order valence-corrected chi connectivity index (χ3v) is 11.2. The van der Waals surface area contributed by atoms with Gasteiger partial charge in [0, 0.05) is 59.3 Å². The van der Waals surface area contributed by atoms with Crippen LogP contribution in [-0.2, 0) is 35.9 Å². The predicted octanol–water partition coefficient (Wildman–Crippen LogP) is 7.20. The number of hydrogen-bond acceptors (Lipinski definition) is 7. The van der Waals surface area contributed by atoms with E-state index in [0.29, 0.717) is 19.5 Å². The molecule has 11 heteroatoms. The number of likely N-dealkylation sites (N-methyl/N-ethyl adjacent to an activating group) is 1. The number of Topliss-reactive ketones (excluding diaryl/α,β-unsaturated/α-hetero) is 1. The first-order chi connectivity index (χ1) is 22.1. The van der Waals surface area contributed by atoms with Gasteiger partial charge in [0.05, 0.1) is 15.2 Å². The summed E-state index contributed by atoms with van der Waals surface area (Å²) in [5.41, 5.74) is 3.82. The smallest absolute Gasteiger partial charge is 0.294 e. The van der Waals surface area contributed by atoms with E-state index in [1.165, 1.54) is 18.2 Å². The summed E-state index contributed by atoms with van der Waals surface area (Å²) < 4.78 is 71.1. The van der Waals surface area contributed by atoms with Gasteiger partial charge >= 0.3 is 0 Å². The monoisotopic (exact) mass is 696 g/mol. The average molecular weight is 697 g/mol. The van der Waals surface area contributed by atoms with Crippen molar-refractivity contribution in [3.8, 4) is 0 Å². The molecule has 2 aliphatic heterocycles. The van der Waals surface area contributed by atoms with Crippen LogP contribution in [0, 0.1) is 5.41 Å². The Balaban J connectivity index is 1.62. The van der Waals surface area contributed by atoms with Crippen molar-refractivity contribution in [2.75, 3.05) is 18.0 Å². The van der Waals surface area contributed by atoms with Crippen LogP contribution in [0.2, 0.25) is 0 Å². The van der Waals surface area contributed by atoms with Crippen molar-refractivity contribution in [2.24, 2.45) is 5.41 Å². The number of hydrogen-bond donors (Lipinski definition) is 1. The van der Waals surface area contributed by atoms with Crippen LogP contribution in [0.5, 0.6) is 0 Å². The third-order valence-electron chi connectivity index (χ3n) is 9.48. The Morgan fingerprint density at radius 3 is 2.15 bits per heavy atom. The van der Waals surface area contributed by atoms with Gasteiger partial charge in [-0.2, -0.15) is 13.0 Å². The Labute approximate surface area is 286 Å². The van der Waals surface area contributed by atoms with Crippen molar-refractivity contribution in [3.05, 3.63) is 83.6 Å². The number of fused-ring (bicyclic) bond motifs is 2. The van der Waals surface area contributed by atoms with Crippen molar-refractivity contribution >= 4 is 43.1 Å². The Morgan fingerprint density at radius 2 is 1.54 bits per heavy atom. The number of anilines is 1. The van der Waals surface area contributed by atoms with E-state index in [0.717, 1.165) is 53.2 Å². The Bertz CT molecular complexity index is 1940. The largest absolute Gasteiger partial charge is 0.744 e. The maximum absolute atomic E-state index is 12.4. The van der Waals surface area contributed by atoms with Crippen molar-refractivity contribution in [3.63, 3.8) is 0 Å². The fourth-order valence-electron chi connectivity index (χ4n) is 6.67. The third kappa shape index (κ3) is 7.59. The molecule has 0 unspecified atom stereocenters. The second kappa shape index (κ2) is 13.5. The van der Waals surface area contributed by atoms with Gasteiger partial charge in [-0.1, -0.05) is 52.8 Å². The molecule has 2 heterocycles. The zero-order chi connectivity index (χ0) is 35.9. The molecular weight excluding hydrogens is 649 g/mol. The van der Waals surface area contributed by atoms with Crippen molar-refractivity contribution in [1.29, 1.82) is 0 Å². The highest BCUT2D eigenvalue weighted by molar-refractivity contribution is 7.86. The fraction of sp³-hybridized carbons (Fsp3) is 0.459. The minimum absolute atomic E-state index is 0.146. The molecule has 2 aromatic rings. The van der Waals surface area contributed by atoms with Crippen LogP contribution < -0.4 is 4.90 Å². The lowest BCUT2D eigenvalue weighted by Gasteiger charge is -2.25. The molecule has 0 fully saturated rings. The van der Waals surface area contributed by atoms with E-state index in [1.807, 2.05) is 85.8 Å². The summed E-state index contributed by atoms with van der Waals surface area (Å²) >= 11 is 0. The second-order valence-corrected chi connectivity index (χ2v) is 17.4. The molecule has 0 spiro atoms. The maximum Gasteiger partial charge on any atom is 0.294 e. The van der Waals surface area contributed by atoms with E-state index in [4.69, 9.17) is 0 Å². The van der Waals surface area contributed by atoms with E-state index in [9.17, 15) is 30.7 Å². The summed E-state index contributed by atoms with van der Waals surface area (Å²) in [5, 5.41) is 0. The van der Waals surface area contributed by atoms with Crippen LogP contribution in [0.1, 0.15) is 92.2 Å². The highest BCUT2D eigenvalue weighted by Crippen LogP contribution is 2.48. The summed E-state index contributed by atoms with van der Waals surface area (Å²) in [6, 6.07) is 9.24. The van der Waals surface area contributed by atoms with Crippen LogP contribution >= 0.6 is 0 Å².